The number of benzene rings is 6. The molecule has 0 aliphatic rings. The van der Waals surface area contributed by atoms with Crippen molar-refractivity contribution in [1.82, 2.24) is 9.97 Å². The van der Waals surface area contributed by atoms with Gasteiger partial charge in [0.2, 0.25) is 0 Å². The molecule has 0 amide bonds. The molecule has 7 aromatic rings. The van der Waals surface area contributed by atoms with Crippen LogP contribution in [-0.2, 0) is 0 Å². The molecule has 0 aliphatic heterocycles. The maximum absolute atomic E-state index is 5.13. The molecule has 0 saturated carbocycles. The maximum atomic E-state index is 5.13. The zero-order chi connectivity index (χ0) is 26.2. The third-order valence-corrected chi connectivity index (χ3v) is 8.07. The average Bonchev–Trinajstić information content (AvgIpc) is 3.01. The van der Waals surface area contributed by atoms with Gasteiger partial charge in [0.25, 0.3) is 0 Å². The second-order valence-electron chi connectivity index (χ2n) is 9.60. The van der Waals surface area contributed by atoms with Crippen molar-refractivity contribution in [2.75, 3.05) is 0 Å². The molecule has 0 saturated heterocycles. The van der Waals surface area contributed by atoms with Gasteiger partial charge in [0, 0.05) is 0 Å². The van der Waals surface area contributed by atoms with E-state index in [1.165, 1.54) is 21.9 Å². The number of nitrogens with zero attached hydrogens (tertiary/aromatic N) is 2. The van der Waals surface area contributed by atoms with E-state index in [0.29, 0.717) is 0 Å². The number of rotatable bonds is 4. The van der Waals surface area contributed by atoms with Gasteiger partial charge in [-0.2, -0.15) is 0 Å². The minimum absolute atomic E-state index is 0.876. The van der Waals surface area contributed by atoms with E-state index in [4.69, 9.17) is 9.97 Å². The first-order valence-corrected chi connectivity index (χ1v) is 13.8. The fraction of sp³-hybridized carbons (Fsp3) is 0. The Morgan fingerprint density at radius 2 is 0.974 bits per heavy atom. The molecule has 0 atom stereocenters. The second-order valence-corrected chi connectivity index (χ2v) is 10.5. The predicted octanol–water partition coefficient (Wildman–Crippen LogP) is 8.24. The Hall–Kier alpha value is -4.56. The quantitative estimate of drug-likeness (QED) is 0.202. The molecule has 1 aromatic heterocycles. The van der Waals surface area contributed by atoms with Crippen molar-refractivity contribution in [3.63, 3.8) is 0 Å². The molecule has 0 fully saturated rings. The van der Waals surface area contributed by atoms with Crippen LogP contribution in [0.15, 0.2) is 140 Å². The molecule has 39 heavy (non-hydrogen) atoms. The number of fused-ring (bicyclic) bond motifs is 2. The summed E-state index contributed by atoms with van der Waals surface area (Å²) in [5.41, 5.74) is 10.3. The zero-order valence-electron chi connectivity index (χ0n) is 21.1. The van der Waals surface area contributed by atoms with E-state index < -0.39 is 0 Å². The van der Waals surface area contributed by atoms with Crippen molar-refractivity contribution < 1.29 is 0 Å². The molecular weight excluding hydrogens is 539 g/mol. The molecule has 3 heteroatoms. The number of para-hydroxylation sites is 2. The predicted molar refractivity (Wildman–Crippen MR) is 164 cm³/mol. The average molecular weight is 563 g/mol. The second kappa shape index (κ2) is 9.96. The summed E-state index contributed by atoms with van der Waals surface area (Å²) >= 11 is 3.38. The molecule has 0 unspecified atom stereocenters. The monoisotopic (exact) mass is 563 g/mol. The van der Waals surface area contributed by atoms with E-state index in [1.807, 2.05) is 42.5 Å². The van der Waals surface area contributed by atoms with E-state index in [0.717, 1.165) is 49.1 Å². The Morgan fingerprint density at radius 1 is 0.385 bits per heavy atom. The molecule has 7 rings (SSSR count). The summed E-state index contributed by atoms with van der Waals surface area (Å²) in [4.78, 5) is 10.2. The fourth-order valence-corrected chi connectivity index (χ4v) is 5.91. The molecule has 6 aromatic carbocycles. The molecular formula is C36H23N2Se. The van der Waals surface area contributed by atoms with E-state index in [2.05, 4.69) is 113 Å². The first kappa shape index (κ1) is 23.5. The van der Waals surface area contributed by atoms with Gasteiger partial charge in [-0.15, -0.1) is 0 Å². The molecule has 183 valence electrons. The van der Waals surface area contributed by atoms with Gasteiger partial charge in [-0.1, -0.05) is 0 Å². The van der Waals surface area contributed by atoms with Gasteiger partial charge in [0.15, 0.2) is 0 Å². The van der Waals surface area contributed by atoms with Gasteiger partial charge in [0.1, 0.15) is 0 Å². The Bertz CT molecular complexity index is 1980. The molecule has 0 aliphatic carbocycles. The molecule has 0 bridgehead atoms. The van der Waals surface area contributed by atoms with Crippen LogP contribution in [0.5, 0.6) is 0 Å². The number of hydrogen-bond acceptors (Lipinski definition) is 2. The van der Waals surface area contributed by atoms with E-state index in [1.54, 1.807) is 0 Å². The summed E-state index contributed by atoms with van der Waals surface area (Å²) in [7, 11) is 0. The van der Waals surface area contributed by atoms with Crippen molar-refractivity contribution in [2.45, 2.75) is 0 Å². The van der Waals surface area contributed by atoms with Gasteiger partial charge in [-0.25, -0.2) is 0 Å². The van der Waals surface area contributed by atoms with Crippen molar-refractivity contribution in [1.29, 1.82) is 0 Å². The molecule has 0 N–H and O–H groups in total. The standard InChI is InChI=1S/C36H23N2Se/c39-36-30(29-15-8-14-27(23-29)28-21-20-24-10-4-5-13-26(24)22-28)16-9-17-31(36)35-34(25-11-2-1-3-12-25)37-32-18-6-7-19-33(32)38-35/h1-23H. The van der Waals surface area contributed by atoms with Crippen molar-refractivity contribution in [2.24, 2.45) is 0 Å². The van der Waals surface area contributed by atoms with Crippen LogP contribution in [0.25, 0.3) is 66.6 Å². The van der Waals surface area contributed by atoms with Gasteiger partial charge in [0.05, 0.1) is 0 Å². The van der Waals surface area contributed by atoms with Gasteiger partial charge < -0.3 is 0 Å². The van der Waals surface area contributed by atoms with Gasteiger partial charge in [-0.3, -0.25) is 0 Å². The van der Waals surface area contributed by atoms with E-state index in [9.17, 15) is 0 Å². The van der Waals surface area contributed by atoms with Crippen LogP contribution >= 0.6 is 0 Å². The first-order valence-electron chi connectivity index (χ1n) is 13.0. The Kier molecular flexibility index (Phi) is 6.01. The summed E-state index contributed by atoms with van der Waals surface area (Å²) in [5.74, 6) is 0. The van der Waals surface area contributed by atoms with Crippen LogP contribution in [0.4, 0.5) is 0 Å². The van der Waals surface area contributed by atoms with Crippen LogP contribution < -0.4 is 4.46 Å². The van der Waals surface area contributed by atoms with E-state index >= 15 is 0 Å². The number of hydrogen-bond donors (Lipinski definition) is 0. The Morgan fingerprint density at radius 3 is 1.79 bits per heavy atom. The summed E-state index contributed by atoms with van der Waals surface area (Å²) in [6.07, 6.45) is 0. The molecule has 1 heterocycles. The third-order valence-electron chi connectivity index (χ3n) is 7.14. The van der Waals surface area contributed by atoms with Crippen LogP contribution in [-0.4, -0.2) is 26.0 Å². The zero-order valence-corrected chi connectivity index (χ0v) is 22.8. The topological polar surface area (TPSA) is 25.8 Å². The van der Waals surface area contributed by atoms with Crippen molar-refractivity contribution in [3.8, 4) is 44.8 Å². The van der Waals surface area contributed by atoms with Crippen LogP contribution in [0.2, 0.25) is 0 Å². The van der Waals surface area contributed by atoms with Crippen LogP contribution in [0.1, 0.15) is 0 Å². The first-order chi connectivity index (χ1) is 19.2. The summed E-state index contributed by atoms with van der Waals surface area (Å²) in [6.45, 7) is 0. The summed E-state index contributed by atoms with van der Waals surface area (Å²) < 4.78 is 1.06. The third kappa shape index (κ3) is 4.42. The summed E-state index contributed by atoms with van der Waals surface area (Å²) in [5, 5.41) is 2.50. The van der Waals surface area contributed by atoms with Gasteiger partial charge >= 0.3 is 237 Å². The Balaban J connectivity index is 1.37. The fourth-order valence-electron chi connectivity index (χ4n) is 5.17. The normalized spacial score (nSPS) is 11.2. The SMILES string of the molecule is [Se]c1c(-c2cccc(-c3ccc4ccccc4c3)c2)cccc1-c1nc2ccccc2nc1-c1ccccc1. The molecule has 1 radical (unpaired) electrons. The summed E-state index contributed by atoms with van der Waals surface area (Å²) in [6, 6.07) is 48.7. The van der Waals surface area contributed by atoms with Crippen molar-refractivity contribution >= 4 is 42.3 Å². The number of aromatic nitrogens is 2. The van der Waals surface area contributed by atoms with Crippen LogP contribution in [0, 0.1) is 0 Å². The molecule has 2 nitrogen and oxygen atoms in total. The van der Waals surface area contributed by atoms with E-state index in [-0.39, 0.29) is 0 Å². The van der Waals surface area contributed by atoms with Gasteiger partial charge in [-0.05, 0) is 0 Å². The Labute approximate surface area is 235 Å². The minimum atomic E-state index is 0.876. The molecule has 0 spiro atoms. The van der Waals surface area contributed by atoms with Crippen molar-refractivity contribution in [3.05, 3.63) is 140 Å². The van der Waals surface area contributed by atoms with Crippen LogP contribution in [0.3, 0.4) is 0 Å².